The quantitative estimate of drug-likeness (QED) is 0.570. The number of aromatic nitrogens is 3. The maximum absolute atomic E-state index is 12.2. The predicted octanol–water partition coefficient (Wildman–Crippen LogP) is 4.17. The third kappa shape index (κ3) is 2.91. The van der Waals surface area contributed by atoms with Crippen LogP contribution >= 0.6 is 0 Å². The summed E-state index contributed by atoms with van der Waals surface area (Å²) in [4.78, 5) is 21.4. The Balaban J connectivity index is 1.57. The molecule has 28 heavy (non-hydrogen) atoms. The van der Waals surface area contributed by atoms with Crippen molar-refractivity contribution in [2.75, 3.05) is 10.6 Å². The van der Waals surface area contributed by atoms with E-state index in [0.717, 1.165) is 33.9 Å². The Labute approximate surface area is 161 Å². The molecule has 0 bridgehead atoms. The van der Waals surface area contributed by atoms with Gasteiger partial charge in [-0.1, -0.05) is 30.3 Å². The third-order valence-corrected chi connectivity index (χ3v) is 4.70. The van der Waals surface area contributed by atoms with Crippen molar-refractivity contribution in [3.8, 4) is 16.9 Å². The molecule has 3 heterocycles. The van der Waals surface area contributed by atoms with Gasteiger partial charge in [0.25, 0.3) is 0 Å². The lowest BCUT2D eigenvalue weighted by Crippen LogP contribution is -2.12. The predicted molar refractivity (Wildman–Crippen MR) is 109 cm³/mol. The summed E-state index contributed by atoms with van der Waals surface area (Å²) in [6.45, 7) is 0. The van der Waals surface area contributed by atoms with Crippen LogP contribution in [-0.2, 0) is 11.2 Å². The maximum Gasteiger partial charge on any atom is 0.228 e. The fourth-order valence-electron chi connectivity index (χ4n) is 3.42. The molecule has 1 aliphatic rings. The molecule has 6 heteroatoms. The number of hydrogen-bond acceptors (Lipinski definition) is 4. The molecule has 0 aliphatic carbocycles. The Morgan fingerprint density at radius 3 is 2.64 bits per heavy atom. The van der Waals surface area contributed by atoms with Gasteiger partial charge in [0.05, 0.1) is 29.2 Å². The van der Waals surface area contributed by atoms with Crippen LogP contribution in [-0.4, -0.2) is 20.4 Å². The molecule has 0 radical (unpaired) electrons. The van der Waals surface area contributed by atoms with Gasteiger partial charge in [0, 0.05) is 29.7 Å². The van der Waals surface area contributed by atoms with Crippen molar-refractivity contribution in [1.82, 2.24) is 14.5 Å². The highest BCUT2D eigenvalue weighted by molar-refractivity contribution is 5.99. The lowest BCUT2D eigenvalue weighted by molar-refractivity contribution is -0.115. The number of rotatable bonds is 3. The zero-order valence-electron chi connectivity index (χ0n) is 15.0. The zero-order chi connectivity index (χ0) is 18.9. The van der Waals surface area contributed by atoms with Crippen molar-refractivity contribution >= 4 is 23.2 Å². The first kappa shape index (κ1) is 16.3. The number of nitrogens with zero attached hydrogens (tertiary/aromatic N) is 3. The van der Waals surface area contributed by atoms with Crippen LogP contribution in [0.2, 0.25) is 0 Å². The molecule has 1 aliphatic heterocycles. The lowest BCUT2D eigenvalue weighted by Gasteiger charge is -2.13. The highest BCUT2D eigenvalue weighted by atomic mass is 16.1. The average Bonchev–Trinajstić information content (AvgIpc) is 3.20. The van der Waals surface area contributed by atoms with Crippen molar-refractivity contribution in [3.63, 3.8) is 0 Å². The number of para-hydroxylation sites is 3. The second-order valence-electron chi connectivity index (χ2n) is 6.57. The normalized spacial score (nSPS) is 12.5. The van der Waals surface area contributed by atoms with Crippen molar-refractivity contribution < 1.29 is 4.79 Å². The van der Waals surface area contributed by atoms with E-state index in [4.69, 9.17) is 4.98 Å². The van der Waals surface area contributed by atoms with E-state index >= 15 is 0 Å². The monoisotopic (exact) mass is 367 g/mol. The van der Waals surface area contributed by atoms with Crippen LogP contribution in [0.5, 0.6) is 0 Å². The van der Waals surface area contributed by atoms with Crippen LogP contribution in [0.25, 0.3) is 16.9 Å². The number of amides is 1. The average molecular weight is 367 g/mol. The van der Waals surface area contributed by atoms with E-state index in [1.807, 2.05) is 77.6 Å². The van der Waals surface area contributed by atoms with Gasteiger partial charge in [-0.05, 0) is 30.3 Å². The van der Waals surface area contributed by atoms with Gasteiger partial charge < -0.3 is 15.2 Å². The molecule has 0 saturated heterocycles. The first-order valence-corrected chi connectivity index (χ1v) is 9.02. The molecule has 5 rings (SSSR count). The Kier molecular flexibility index (Phi) is 3.87. The Morgan fingerprint density at radius 1 is 0.964 bits per heavy atom. The summed E-state index contributed by atoms with van der Waals surface area (Å²) in [6.07, 6.45) is 5.96. The van der Waals surface area contributed by atoms with Crippen molar-refractivity contribution in [2.24, 2.45) is 0 Å². The van der Waals surface area contributed by atoms with Gasteiger partial charge in [0.1, 0.15) is 0 Å². The largest absolute Gasteiger partial charge is 0.325 e. The van der Waals surface area contributed by atoms with E-state index in [0.29, 0.717) is 5.95 Å². The van der Waals surface area contributed by atoms with Gasteiger partial charge in [-0.15, -0.1) is 0 Å². The number of fused-ring (bicyclic) bond motifs is 3. The molecule has 2 N–H and O–H groups in total. The lowest BCUT2D eigenvalue weighted by atomic mass is 10.1. The highest BCUT2D eigenvalue weighted by Crippen LogP contribution is 2.33. The zero-order valence-corrected chi connectivity index (χ0v) is 15.0. The van der Waals surface area contributed by atoms with E-state index in [1.54, 1.807) is 6.20 Å². The molecule has 4 aromatic rings. The SMILES string of the molecule is O=C1Cc2cnc(Nc3ccccc3-n3cccc3)nc2-c2ccccc2N1. The van der Waals surface area contributed by atoms with E-state index in [1.165, 1.54) is 0 Å². The molecule has 136 valence electrons. The molecule has 0 spiro atoms. The van der Waals surface area contributed by atoms with Crippen LogP contribution < -0.4 is 10.6 Å². The molecule has 0 unspecified atom stereocenters. The molecule has 0 saturated carbocycles. The second kappa shape index (κ2) is 6.66. The van der Waals surface area contributed by atoms with Crippen LogP contribution in [0.1, 0.15) is 5.56 Å². The van der Waals surface area contributed by atoms with Crippen LogP contribution in [0, 0.1) is 0 Å². The second-order valence-corrected chi connectivity index (χ2v) is 6.57. The smallest absolute Gasteiger partial charge is 0.228 e. The fraction of sp³-hybridized carbons (Fsp3) is 0.0455. The van der Waals surface area contributed by atoms with Crippen molar-refractivity contribution in [2.45, 2.75) is 6.42 Å². The van der Waals surface area contributed by atoms with E-state index in [2.05, 4.69) is 15.6 Å². The fourth-order valence-corrected chi connectivity index (χ4v) is 3.42. The first-order valence-electron chi connectivity index (χ1n) is 9.02. The van der Waals surface area contributed by atoms with Gasteiger partial charge in [-0.25, -0.2) is 9.97 Å². The molecular formula is C22H17N5O. The number of benzene rings is 2. The topological polar surface area (TPSA) is 71.8 Å². The first-order chi connectivity index (χ1) is 13.8. The summed E-state index contributed by atoms with van der Waals surface area (Å²) in [5.74, 6) is 0.427. The standard InChI is InChI=1S/C22H17N5O/c28-20-13-15-14-23-22(26-21(15)16-7-1-2-8-17(16)24-20)25-18-9-3-4-10-19(18)27-11-5-6-12-27/h1-12,14H,13H2,(H,24,28)(H,23,25,26). The van der Waals surface area contributed by atoms with Gasteiger partial charge >= 0.3 is 0 Å². The summed E-state index contributed by atoms with van der Waals surface area (Å²) in [5.41, 5.74) is 5.14. The van der Waals surface area contributed by atoms with Gasteiger partial charge in [0.2, 0.25) is 11.9 Å². The number of carbonyl (C=O) groups is 1. The van der Waals surface area contributed by atoms with Crippen LogP contribution in [0.4, 0.5) is 17.3 Å². The molecular weight excluding hydrogens is 350 g/mol. The summed E-state index contributed by atoms with van der Waals surface area (Å²) >= 11 is 0. The Hall–Kier alpha value is -3.93. The molecule has 2 aromatic heterocycles. The summed E-state index contributed by atoms with van der Waals surface area (Å²) in [5, 5.41) is 6.26. The minimum absolute atomic E-state index is 0.0616. The van der Waals surface area contributed by atoms with Gasteiger partial charge in [-0.3, -0.25) is 4.79 Å². The number of anilines is 3. The minimum Gasteiger partial charge on any atom is -0.325 e. The van der Waals surface area contributed by atoms with Crippen molar-refractivity contribution in [1.29, 1.82) is 0 Å². The number of hydrogen-bond donors (Lipinski definition) is 2. The highest BCUT2D eigenvalue weighted by Gasteiger charge is 2.20. The summed E-state index contributed by atoms with van der Waals surface area (Å²) < 4.78 is 2.03. The molecule has 6 nitrogen and oxygen atoms in total. The molecule has 1 amide bonds. The van der Waals surface area contributed by atoms with Crippen molar-refractivity contribution in [3.05, 3.63) is 84.8 Å². The number of carbonyl (C=O) groups excluding carboxylic acids is 1. The third-order valence-electron chi connectivity index (χ3n) is 4.70. The molecule has 2 aromatic carbocycles. The summed E-state index contributed by atoms with van der Waals surface area (Å²) in [6, 6.07) is 19.6. The minimum atomic E-state index is -0.0616. The summed E-state index contributed by atoms with van der Waals surface area (Å²) in [7, 11) is 0. The Bertz CT molecular complexity index is 1170. The van der Waals surface area contributed by atoms with E-state index in [9.17, 15) is 4.79 Å². The molecule has 0 fully saturated rings. The van der Waals surface area contributed by atoms with Gasteiger partial charge in [-0.2, -0.15) is 0 Å². The van der Waals surface area contributed by atoms with E-state index in [-0.39, 0.29) is 12.3 Å². The molecule has 0 atom stereocenters. The number of nitrogens with one attached hydrogen (secondary N) is 2. The Morgan fingerprint density at radius 2 is 1.75 bits per heavy atom. The van der Waals surface area contributed by atoms with E-state index < -0.39 is 0 Å². The van der Waals surface area contributed by atoms with Crippen LogP contribution in [0.15, 0.2) is 79.3 Å². The van der Waals surface area contributed by atoms with Crippen LogP contribution in [0.3, 0.4) is 0 Å². The van der Waals surface area contributed by atoms with Gasteiger partial charge in [0.15, 0.2) is 0 Å². The maximum atomic E-state index is 12.2.